The number of carbonyl (C=O) groups excluding carboxylic acids is 1. The van der Waals surface area contributed by atoms with Crippen molar-refractivity contribution >= 4 is 33.2 Å². The molecule has 0 saturated carbocycles. The molecule has 1 atom stereocenters. The Morgan fingerprint density at radius 3 is 2.56 bits per heavy atom. The van der Waals surface area contributed by atoms with E-state index < -0.39 is 33.6 Å². The molecule has 1 amide bonds. The van der Waals surface area contributed by atoms with Gasteiger partial charge in [-0.15, -0.1) is 0 Å². The third-order valence-corrected chi connectivity index (χ3v) is 7.66. The summed E-state index contributed by atoms with van der Waals surface area (Å²) >= 11 is 5.95. The minimum atomic E-state index is -4.57. The van der Waals surface area contributed by atoms with Gasteiger partial charge in [0, 0.05) is 13.1 Å². The summed E-state index contributed by atoms with van der Waals surface area (Å²) in [6.07, 6.45) is -2.55. The normalized spacial score (nSPS) is 17.8. The van der Waals surface area contributed by atoms with Gasteiger partial charge in [0.25, 0.3) is 0 Å². The van der Waals surface area contributed by atoms with Gasteiger partial charge in [0.05, 0.1) is 27.9 Å². The molecule has 32 heavy (non-hydrogen) atoms. The maximum absolute atomic E-state index is 13.0. The third kappa shape index (κ3) is 6.46. The predicted molar refractivity (Wildman–Crippen MR) is 118 cm³/mol. The standard InChI is InChI=1S/C22H24ClF3N2O3S/c23-19-11-10-18(22(24,25)26)14-20(19)27-21(29)17-9-4-12-28(15-17)32(30,31)13-5-8-16-6-2-1-3-7-16/h1-3,6-7,10-11,14,17H,4-5,8-9,12-13,15H2,(H,27,29)/t17-/m0/s1. The van der Waals surface area contributed by atoms with Gasteiger partial charge in [-0.1, -0.05) is 41.9 Å². The predicted octanol–water partition coefficient (Wildman–Crippen LogP) is 4.97. The monoisotopic (exact) mass is 488 g/mol. The lowest BCUT2D eigenvalue weighted by molar-refractivity contribution is -0.137. The molecule has 0 radical (unpaired) electrons. The highest BCUT2D eigenvalue weighted by Gasteiger charge is 2.34. The minimum Gasteiger partial charge on any atom is -0.324 e. The van der Waals surface area contributed by atoms with Crippen LogP contribution in [0.3, 0.4) is 0 Å². The van der Waals surface area contributed by atoms with E-state index in [1.165, 1.54) is 4.31 Å². The highest BCUT2D eigenvalue weighted by molar-refractivity contribution is 7.89. The lowest BCUT2D eigenvalue weighted by Crippen LogP contribution is -2.44. The first-order valence-electron chi connectivity index (χ1n) is 10.3. The number of benzene rings is 2. The zero-order valence-electron chi connectivity index (χ0n) is 17.2. The fourth-order valence-corrected chi connectivity index (χ4v) is 5.42. The molecule has 3 rings (SSSR count). The Morgan fingerprint density at radius 1 is 1.16 bits per heavy atom. The van der Waals surface area contributed by atoms with Crippen LogP contribution in [0, 0.1) is 5.92 Å². The Balaban J connectivity index is 1.61. The minimum absolute atomic E-state index is 0.00388. The molecule has 2 aromatic rings. The number of hydrogen-bond donors (Lipinski definition) is 1. The average molecular weight is 489 g/mol. The van der Waals surface area contributed by atoms with E-state index in [2.05, 4.69) is 5.32 Å². The van der Waals surface area contributed by atoms with Gasteiger partial charge in [0.1, 0.15) is 0 Å². The van der Waals surface area contributed by atoms with Crippen molar-refractivity contribution in [1.29, 1.82) is 0 Å². The van der Waals surface area contributed by atoms with Crippen LogP contribution >= 0.6 is 11.6 Å². The highest BCUT2D eigenvalue weighted by atomic mass is 35.5. The number of piperidine rings is 1. The molecule has 1 saturated heterocycles. The van der Waals surface area contributed by atoms with Crippen molar-refractivity contribution in [3.8, 4) is 0 Å². The third-order valence-electron chi connectivity index (χ3n) is 5.41. The summed E-state index contributed by atoms with van der Waals surface area (Å²) in [6.45, 7) is 0.317. The number of rotatable bonds is 7. The average Bonchev–Trinajstić information content (AvgIpc) is 2.75. The number of halogens is 4. The van der Waals surface area contributed by atoms with E-state index in [0.29, 0.717) is 32.2 Å². The molecule has 2 aromatic carbocycles. The molecule has 0 bridgehead atoms. The number of aryl methyl sites for hydroxylation is 1. The molecule has 1 aliphatic heterocycles. The van der Waals surface area contributed by atoms with Crippen LogP contribution in [0.4, 0.5) is 18.9 Å². The van der Waals surface area contributed by atoms with E-state index >= 15 is 0 Å². The lowest BCUT2D eigenvalue weighted by Gasteiger charge is -2.31. The van der Waals surface area contributed by atoms with Gasteiger partial charge in [0.2, 0.25) is 15.9 Å². The number of nitrogens with one attached hydrogen (secondary N) is 1. The van der Waals surface area contributed by atoms with E-state index in [0.717, 1.165) is 23.8 Å². The smallest absolute Gasteiger partial charge is 0.324 e. The molecule has 1 fully saturated rings. The first-order valence-corrected chi connectivity index (χ1v) is 12.2. The van der Waals surface area contributed by atoms with E-state index in [4.69, 9.17) is 11.6 Å². The van der Waals surface area contributed by atoms with Crippen molar-refractivity contribution in [2.24, 2.45) is 5.92 Å². The van der Waals surface area contributed by atoms with Crippen molar-refractivity contribution in [3.63, 3.8) is 0 Å². The van der Waals surface area contributed by atoms with Crippen LogP contribution in [-0.2, 0) is 27.4 Å². The SMILES string of the molecule is O=C(Nc1cc(C(F)(F)F)ccc1Cl)[C@H]1CCCN(S(=O)(=O)CCCc2ccccc2)C1. The largest absolute Gasteiger partial charge is 0.416 e. The fraction of sp³-hybridized carbons (Fsp3) is 0.409. The summed E-state index contributed by atoms with van der Waals surface area (Å²) in [5.41, 5.74) is -0.0191. The van der Waals surface area contributed by atoms with Crippen LogP contribution in [0.1, 0.15) is 30.4 Å². The molecule has 10 heteroatoms. The first-order chi connectivity index (χ1) is 15.1. The molecule has 0 spiro atoms. The van der Waals surface area contributed by atoms with Crippen molar-refractivity contribution in [1.82, 2.24) is 4.31 Å². The first kappa shape index (κ1) is 24.5. The topological polar surface area (TPSA) is 66.5 Å². The summed E-state index contributed by atoms with van der Waals surface area (Å²) in [5, 5.41) is 2.42. The summed E-state index contributed by atoms with van der Waals surface area (Å²) in [5.74, 6) is -1.25. The zero-order valence-corrected chi connectivity index (χ0v) is 18.8. The second kappa shape index (κ2) is 10.2. The van der Waals surface area contributed by atoms with Crippen LogP contribution in [0.2, 0.25) is 5.02 Å². The number of alkyl halides is 3. The lowest BCUT2D eigenvalue weighted by atomic mass is 9.98. The summed E-state index contributed by atoms with van der Waals surface area (Å²) in [7, 11) is -3.55. The van der Waals surface area contributed by atoms with E-state index in [9.17, 15) is 26.4 Å². The molecule has 1 aliphatic rings. The molecule has 0 aromatic heterocycles. The number of nitrogens with zero attached hydrogens (tertiary/aromatic N) is 1. The van der Waals surface area contributed by atoms with Gasteiger partial charge in [-0.25, -0.2) is 12.7 Å². The van der Waals surface area contributed by atoms with E-state index in [1.54, 1.807) is 0 Å². The molecule has 1 N–H and O–H groups in total. The summed E-state index contributed by atoms with van der Waals surface area (Å²) < 4.78 is 65.7. The van der Waals surface area contributed by atoms with Crippen LogP contribution < -0.4 is 5.32 Å². The second-order valence-electron chi connectivity index (χ2n) is 7.78. The number of anilines is 1. The van der Waals surface area contributed by atoms with E-state index in [-0.39, 0.29) is 23.0 Å². The second-order valence-corrected chi connectivity index (χ2v) is 10.3. The number of carbonyl (C=O) groups is 1. The molecule has 5 nitrogen and oxygen atoms in total. The molecule has 0 unspecified atom stereocenters. The maximum Gasteiger partial charge on any atom is 0.416 e. The Hall–Kier alpha value is -2.10. The van der Waals surface area contributed by atoms with Crippen molar-refractivity contribution in [2.45, 2.75) is 31.9 Å². The van der Waals surface area contributed by atoms with Crippen molar-refractivity contribution < 1.29 is 26.4 Å². The van der Waals surface area contributed by atoms with Gasteiger partial charge in [-0.3, -0.25) is 4.79 Å². The van der Waals surface area contributed by atoms with Gasteiger partial charge in [-0.2, -0.15) is 13.2 Å². The van der Waals surface area contributed by atoms with Gasteiger partial charge in [-0.05, 0) is 49.4 Å². The van der Waals surface area contributed by atoms with Crippen LogP contribution in [0.15, 0.2) is 48.5 Å². The molecule has 174 valence electrons. The van der Waals surface area contributed by atoms with Crippen molar-refractivity contribution in [3.05, 3.63) is 64.7 Å². The molecule has 0 aliphatic carbocycles. The van der Waals surface area contributed by atoms with Gasteiger partial charge >= 0.3 is 6.18 Å². The molecule has 1 heterocycles. The fourth-order valence-electron chi connectivity index (χ4n) is 3.67. The number of hydrogen-bond acceptors (Lipinski definition) is 3. The Bertz CT molecular complexity index is 1050. The van der Waals surface area contributed by atoms with Gasteiger partial charge in [0.15, 0.2) is 0 Å². The van der Waals surface area contributed by atoms with Crippen LogP contribution in [0.5, 0.6) is 0 Å². The summed E-state index contributed by atoms with van der Waals surface area (Å²) in [6, 6.07) is 12.3. The van der Waals surface area contributed by atoms with Gasteiger partial charge < -0.3 is 5.32 Å². The molecular formula is C22H24ClF3N2O3S. The molecular weight excluding hydrogens is 465 g/mol. The highest BCUT2D eigenvalue weighted by Crippen LogP contribution is 2.34. The van der Waals surface area contributed by atoms with Crippen LogP contribution in [-0.4, -0.2) is 37.5 Å². The Kier molecular flexibility index (Phi) is 7.84. The van der Waals surface area contributed by atoms with Crippen LogP contribution in [0.25, 0.3) is 0 Å². The quantitative estimate of drug-likeness (QED) is 0.598. The summed E-state index contributed by atoms with van der Waals surface area (Å²) in [4.78, 5) is 12.7. The number of amides is 1. The Labute approximate surface area is 190 Å². The zero-order chi connectivity index (χ0) is 23.4. The number of sulfonamides is 1. The van der Waals surface area contributed by atoms with Crippen molar-refractivity contribution in [2.75, 3.05) is 24.2 Å². The maximum atomic E-state index is 13.0. The van der Waals surface area contributed by atoms with E-state index in [1.807, 2.05) is 30.3 Å². The Morgan fingerprint density at radius 2 is 1.88 bits per heavy atom.